The van der Waals surface area contributed by atoms with Gasteiger partial charge in [-0.2, -0.15) is 5.10 Å². The van der Waals surface area contributed by atoms with E-state index in [4.69, 9.17) is 4.74 Å². The first kappa shape index (κ1) is 19.5. The maximum atomic E-state index is 13.1. The molecule has 0 aliphatic heterocycles. The number of pyridine rings is 1. The van der Waals surface area contributed by atoms with Crippen LogP contribution in [0.5, 0.6) is 0 Å². The van der Waals surface area contributed by atoms with Crippen molar-refractivity contribution in [2.24, 2.45) is 0 Å². The molecule has 0 bridgehead atoms. The van der Waals surface area contributed by atoms with Crippen molar-refractivity contribution >= 4 is 0 Å². The van der Waals surface area contributed by atoms with Crippen LogP contribution in [0.3, 0.4) is 0 Å². The summed E-state index contributed by atoms with van der Waals surface area (Å²) < 4.78 is 20.1. The zero-order valence-electron chi connectivity index (χ0n) is 15.4. The molecule has 0 fully saturated rings. The lowest BCUT2D eigenvalue weighted by molar-refractivity contribution is 0.183. The van der Waals surface area contributed by atoms with Gasteiger partial charge in [0.25, 0.3) is 0 Å². The van der Waals surface area contributed by atoms with Crippen molar-refractivity contribution in [2.45, 2.75) is 20.4 Å². The van der Waals surface area contributed by atoms with E-state index in [-0.39, 0.29) is 5.82 Å². The molecule has 1 aromatic carbocycles. The summed E-state index contributed by atoms with van der Waals surface area (Å²) in [5.74, 6) is -0.256. The molecule has 3 aromatic rings. The van der Waals surface area contributed by atoms with E-state index in [0.717, 1.165) is 22.4 Å². The molecule has 136 valence electrons. The summed E-state index contributed by atoms with van der Waals surface area (Å²) >= 11 is 0. The minimum Gasteiger partial charge on any atom is -0.383 e. The molecule has 0 aliphatic rings. The number of hydrogen-bond donors (Lipinski definition) is 0. The van der Waals surface area contributed by atoms with E-state index in [1.54, 1.807) is 31.6 Å². The molecule has 3 rings (SSSR count). The normalized spacial score (nSPS) is 10.6. The minimum atomic E-state index is -0.256. The van der Waals surface area contributed by atoms with Crippen LogP contribution in [0.1, 0.15) is 13.8 Å². The quantitative estimate of drug-likeness (QED) is 0.607. The van der Waals surface area contributed by atoms with Gasteiger partial charge < -0.3 is 4.74 Å². The molecule has 0 radical (unpaired) electrons. The van der Waals surface area contributed by atoms with Crippen molar-refractivity contribution in [1.82, 2.24) is 14.8 Å². The summed E-state index contributed by atoms with van der Waals surface area (Å²) in [6.45, 7) is 5.25. The van der Waals surface area contributed by atoms with Crippen LogP contribution in [0.15, 0.2) is 67.1 Å². The Hall–Kier alpha value is -2.79. The van der Waals surface area contributed by atoms with Gasteiger partial charge in [-0.25, -0.2) is 4.39 Å². The average Bonchev–Trinajstić information content (AvgIpc) is 3.12. The van der Waals surface area contributed by atoms with Gasteiger partial charge in [-0.15, -0.1) is 0 Å². The van der Waals surface area contributed by atoms with E-state index in [0.29, 0.717) is 13.2 Å². The Labute approximate surface area is 154 Å². The van der Waals surface area contributed by atoms with Gasteiger partial charge in [0.05, 0.1) is 13.2 Å². The van der Waals surface area contributed by atoms with Crippen molar-refractivity contribution in [1.29, 1.82) is 0 Å². The molecule has 0 N–H and O–H groups in total. The Morgan fingerprint density at radius 1 is 1.00 bits per heavy atom. The number of nitrogens with zero attached hydrogens (tertiary/aromatic N) is 3. The maximum Gasteiger partial charge on any atom is 0.123 e. The lowest BCUT2D eigenvalue weighted by atomic mass is 10.0. The van der Waals surface area contributed by atoms with E-state index in [2.05, 4.69) is 10.1 Å². The molecule has 0 spiro atoms. The Morgan fingerprint density at radius 3 is 2.23 bits per heavy atom. The SMILES string of the molecule is C/C=C\C.COCCn1cc(-c2ccncc2)c(-c2ccc(F)cc2)n1. The van der Waals surface area contributed by atoms with E-state index >= 15 is 0 Å². The van der Waals surface area contributed by atoms with Crippen molar-refractivity contribution in [3.05, 3.63) is 73.0 Å². The third kappa shape index (κ3) is 5.36. The van der Waals surface area contributed by atoms with Crippen LogP contribution in [0.4, 0.5) is 4.39 Å². The first-order chi connectivity index (χ1) is 12.7. The molecular formula is C21H24FN3O. The van der Waals surface area contributed by atoms with E-state index in [1.807, 2.05) is 49.0 Å². The monoisotopic (exact) mass is 353 g/mol. The lowest BCUT2D eigenvalue weighted by Crippen LogP contribution is -2.04. The number of aromatic nitrogens is 3. The Balaban J connectivity index is 0.000000552. The highest BCUT2D eigenvalue weighted by Gasteiger charge is 2.13. The van der Waals surface area contributed by atoms with Gasteiger partial charge in [0.15, 0.2) is 0 Å². The average molecular weight is 353 g/mol. The van der Waals surface area contributed by atoms with Crippen LogP contribution in [0.2, 0.25) is 0 Å². The van der Waals surface area contributed by atoms with E-state index in [9.17, 15) is 4.39 Å². The molecule has 0 saturated heterocycles. The lowest BCUT2D eigenvalue weighted by Gasteiger charge is -2.02. The Kier molecular flexibility index (Phi) is 7.71. The molecule has 4 nitrogen and oxygen atoms in total. The van der Waals surface area contributed by atoms with Gasteiger partial charge in [0, 0.05) is 36.8 Å². The highest BCUT2D eigenvalue weighted by Crippen LogP contribution is 2.30. The van der Waals surface area contributed by atoms with Crippen molar-refractivity contribution in [2.75, 3.05) is 13.7 Å². The fourth-order valence-corrected chi connectivity index (χ4v) is 2.28. The fraction of sp³-hybridized carbons (Fsp3) is 0.238. The van der Waals surface area contributed by atoms with Gasteiger partial charge in [0.2, 0.25) is 0 Å². The predicted octanol–water partition coefficient (Wildman–Crippen LogP) is 4.98. The summed E-state index contributed by atoms with van der Waals surface area (Å²) in [4.78, 5) is 4.04. The molecule has 2 heterocycles. The van der Waals surface area contributed by atoms with Crippen LogP contribution in [-0.4, -0.2) is 28.5 Å². The van der Waals surface area contributed by atoms with Crippen molar-refractivity contribution in [3.63, 3.8) is 0 Å². The summed E-state index contributed by atoms with van der Waals surface area (Å²) in [5.41, 5.74) is 3.72. The standard InChI is InChI=1S/C17H16FN3O.C4H8/c1-22-11-10-21-12-16(13-6-8-19-9-7-13)17(20-21)14-2-4-15(18)5-3-14;1-3-4-2/h2-9,12H,10-11H2,1H3;3-4H,1-2H3/b;4-3-. The largest absolute Gasteiger partial charge is 0.383 e. The van der Waals surface area contributed by atoms with Crippen LogP contribution >= 0.6 is 0 Å². The molecule has 2 aromatic heterocycles. The smallest absolute Gasteiger partial charge is 0.123 e. The number of benzene rings is 1. The third-order valence-corrected chi connectivity index (χ3v) is 3.73. The van der Waals surface area contributed by atoms with Gasteiger partial charge in [-0.1, -0.05) is 12.2 Å². The van der Waals surface area contributed by atoms with Crippen LogP contribution in [0.25, 0.3) is 22.4 Å². The van der Waals surface area contributed by atoms with Gasteiger partial charge >= 0.3 is 0 Å². The molecule has 0 unspecified atom stereocenters. The number of halogens is 1. The topological polar surface area (TPSA) is 39.9 Å². The second-order valence-corrected chi connectivity index (χ2v) is 5.56. The Bertz CT molecular complexity index is 807. The van der Waals surface area contributed by atoms with Crippen molar-refractivity contribution in [3.8, 4) is 22.4 Å². The summed E-state index contributed by atoms with van der Waals surface area (Å²) in [6, 6.07) is 10.2. The summed E-state index contributed by atoms with van der Waals surface area (Å²) in [6.07, 6.45) is 9.47. The van der Waals surface area contributed by atoms with Crippen LogP contribution < -0.4 is 0 Å². The molecular weight excluding hydrogens is 329 g/mol. The fourth-order valence-electron chi connectivity index (χ4n) is 2.28. The molecule has 0 saturated carbocycles. The first-order valence-electron chi connectivity index (χ1n) is 8.49. The molecule has 0 amide bonds. The highest BCUT2D eigenvalue weighted by molar-refractivity contribution is 5.80. The molecule has 5 heteroatoms. The zero-order chi connectivity index (χ0) is 18.8. The first-order valence-corrected chi connectivity index (χ1v) is 8.49. The van der Waals surface area contributed by atoms with Crippen molar-refractivity contribution < 1.29 is 9.13 Å². The summed E-state index contributed by atoms with van der Waals surface area (Å²) in [7, 11) is 1.66. The molecule has 26 heavy (non-hydrogen) atoms. The van der Waals surface area contributed by atoms with Crippen LogP contribution in [0, 0.1) is 5.82 Å². The van der Waals surface area contributed by atoms with Gasteiger partial charge in [0.1, 0.15) is 11.5 Å². The minimum absolute atomic E-state index is 0.256. The number of rotatable bonds is 5. The van der Waals surface area contributed by atoms with Crippen LogP contribution in [-0.2, 0) is 11.3 Å². The Morgan fingerprint density at radius 2 is 1.65 bits per heavy atom. The van der Waals surface area contributed by atoms with Gasteiger partial charge in [-0.05, 0) is 55.8 Å². The number of methoxy groups -OCH3 is 1. The van der Waals surface area contributed by atoms with Gasteiger partial charge in [-0.3, -0.25) is 9.67 Å². The third-order valence-electron chi connectivity index (χ3n) is 3.73. The molecule has 0 aliphatic carbocycles. The molecule has 0 atom stereocenters. The predicted molar refractivity (Wildman–Crippen MR) is 103 cm³/mol. The van der Waals surface area contributed by atoms with E-state index in [1.165, 1.54) is 12.1 Å². The summed E-state index contributed by atoms with van der Waals surface area (Å²) in [5, 5.41) is 4.62. The second kappa shape index (κ2) is 10.3. The second-order valence-electron chi connectivity index (χ2n) is 5.56. The number of ether oxygens (including phenoxy) is 1. The number of hydrogen-bond acceptors (Lipinski definition) is 3. The zero-order valence-corrected chi connectivity index (χ0v) is 15.4. The highest BCUT2D eigenvalue weighted by atomic mass is 19.1. The maximum absolute atomic E-state index is 13.1. The number of allylic oxidation sites excluding steroid dienone is 2. The van der Waals surface area contributed by atoms with E-state index < -0.39 is 0 Å².